The monoisotopic (exact) mass is 460 g/mol. The molecule has 0 spiro atoms. The summed E-state index contributed by atoms with van der Waals surface area (Å²) in [5.74, 6) is -0.303. The van der Waals surface area contributed by atoms with Crippen molar-refractivity contribution in [2.75, 3.05) is 23.7 Å². The van der Waals surface area contributed by atoms with E-state index < -0.39 is 5.97 Å². The van der Waals surface area contributed by atoms with Gasteiger partial charge < -0.3 is 21.1 Å². The van der Waals surface area contributed by atoms with Gasteiger partial charge in [-0.05, 0) is 54.1 Å². The van der Waals surface area contributed by atoms with Crippen molar-refractivity contribution in [1.29, 1.82) is 0 Å². The summed E-state index contributed by atoms with van der Waals surface area (Å²) in [6.07, 6.45) is 0.0292. The van der Waals surface area contributed by atoms with Crippen molar-refractivity contribution in [1.82, 2.24) is 5.32 Å². The Bertz CT molecular complexity index is 1130. The van der Waals surface area contributed by atoms with Gasteiger partial charge in [0.05, 0.1) is 13.0 Å². The highest BCUT2D eigenvalue weighted by Crippen LogP contribution is 2.38. The Morgan fingerprint density at radius 1 is 0.970 bits per heavy atom. The largest absolute Gasteiger partial charge is 0.481 e. The number of carboxylic acid groups (broad SMARTS) is 1. The zero-order valence-corrected chi connectivity index (χ0v) is 18.6. The Hall–Kier alpha value is -3.78. The second-order valence-electron chi connectivity index (χ2n) is 7.45. The molecular weight excluding hydrogens is 436 g/mol. The second kappa shape index (κ2) is 10.7. The number of anilines is 2. The van der Waals surface area contributed by atoms with Crippen molar-refractivity contribution in [2.45, 2.75) is 16.6 Å². The van der Waals surface area contributed by atoms with E-state index in [-0.39, 0.29) is 17.6 Å². The fraction of sp³-hybridized carbons (Fsp3) is 0.160. The van der Waals surface area contributed by atoms with Gasteiger partial charge in [0.1, 0.15) is 0 Å². The van der Waals surface area contributed by atoms with Gasteiger partial charge in [-0.25, -0.2) is 0 Å². The van der Waals surface area contributed by atoms with Gasteiger partial charge in [0.2, 0.25) is 0 Å². The average Bonchev–Trinajstić information content (AvgIpc) is 3.34. The number of amides is 1. The van der Waals surface area contributed by atoms with Crippen molar-refractivity contribution in [3.63, 3.8) is 0 Å². The van der Waals surface area contributed by atoms with Crippen LogP contribution in [0.2, 0.25) is 0 Å². The fourth-order valence-corrected chi connectivity index (χ4v) is 4.50. The summed E-state index contributed by atoms with van der Waals surface area (Å²) in [6.45, 7) is 1.58. The molecule has 168 valence electrons. The summed E-state index contributed by atoms with van der Waals surface area (Å²) in [5.41, 5.74) is 3.04. The first kappa shape index (κ1) is 22.4. The lowest BCUT2D eigenvalue weighted by Crippen LogP contribution is -2.26. The van der Waals surface area contributed by atoms with Gasteiger partial charge in [0.15, 0.2) is 5.96 Å². The van der Waals surface area contributed by atoms with E-state index in [9.17, 15) is 14.7 Å². The second-order valence-corrected chi connectivity index (χ2v) is 8.73. The molecule has 4 N–H and O–H groups in total. The maximum absolute atomic E-state index is 12.6. The summed E-state index contributed by atoms with van der Waals surface area (Å²) in [6, 6.07) is 24.2. The summed E-state index contributed by atoms with van der Waals surface area (Å²) < 4.78 is 0. The predicted octanol–water partition coefficient (Wildman–Crippen LogP) is 4.62. The minimum atomic E-state index is -0.839. The van der Waals surface area contributed by atoms with E-state index in [1.54, 1.807) is 12.1 Å². The molecule has 0 saturated carbocycles. The molecule has 0 fully saturated rings. The van der Waals surface area contributed by atoms with Crippen LogP contribution >= 0.6 is 11.8 Å². The van der Waals surface area contributed by atoms with Gasteiger partial charge in [0, 0.05) is 33.6 Å². The van der Waals surface area contributed by atoms with Gasteiger partial charge in [-0.2, -0.15) is 0 Å². The summed E-state index contributed by atoms with van der Waals surface area (Å²) >= 11 is 1.49. The van der Waals surface area contributed by atoms with E-state index in [0.717, 1.165) is 35.2 Å². The Labute approximate surface area is 196 Å². The number of thioether (sulfide) groups is 1. The minimum Gasteiger partial charge on any atom is -0.481 e. The Balaban J connectivity index is 1.36. The fourth-order valence-electron chi connectivity index (χ4n) is 3.36. The first-order valence-corrected chi connectivity index (χ1v) is 11.4. The number of nitrogens with zero attached hydrogens (tertiary/aromatic N) is 1. The van der Waals surface area contributed by atoms with Crippen LogP contribution in [0.25, 0.3) is 0 Å². The zero-order chi connectivity index (χ0) is 23.0. The summed E-state index contributed by atoms with van der Waals surface area (Å²) in [7, 11) is 0. The topological polar surface area (TPSA) is 103 Å². The van der Waals surface area contributed by atoms with Gasteiger partial charge >= 0.3 is 5.97 Å². The zero-order valence-electron chi connectivity index (χ0n) is 17.8. The smallest absolute Gasteiger partial charge is 0.304 e. The standard InChI is InChI=1S/C25H24N4O3S/c30-23(31)16-22(17-4-2-1-3-5-17)33-21-12-10-19(11-13-21)28-24(32)18-6-8-20(9-7-18)29-25-26-14-15-27-25/h1-13,22H,14-16H2,(H,28,32)(H,30,31)(H2,26,27,29). The number of nitrogens with one attached hydrogen (secondary N) is 3. The molecule has 1 atom stereocenters. The van der Waals surface area contributed by atoms with Gasteiger partial charge in [-0.1, -0.05) is 30.3 Å². The third-order valence-corrected chi connectivity index (χ3v) is 6.27. The van der Waals surface area contributed by atoms with Crippen LogP contribution in [0.4, 0.5) is 11.4 Å². The van der Waals surface area contributed by atoms with Crippen LogP contribution in [0.15, 0.2) is 88.8 Å². The molecule has 0 bridgehead atoms. The molecule has 3 aromatic rings. The van der Waals surface area contributed by atoms with Crippen LogP contribution in [-0.2, 0) is 4.79 Å². The highest BCUT2D eigenvalue weighted by atomic mass is 32.2. The van der Waals surface area contributed by atoms with E-state index >= 15 is 0 Å². The van der Waals surface area contributed by atoms with Crippen LogP contribution in [0.3, 0.4) is 0 Å². The first-order valence-electron chi connectivity index (χ1n) is 10.6. The third kappa shape index (κ3) is 6.36. The van der Waals surface area contributed by atoms with E-state index in [4.69, 9.17) is 0 Å². The molecule has 1 amide bonds. The molecule has 1 aliphatic heterocycles. The van der Waals surface area contributed by atoms with Gasteiger partial charge in [0.25, 0.3) is 5.91 Å². The van der Waals surface area contributed by atoms with Crippen LogP contribution < -0.4 is 16.0 Å². The van der Waals surface area contributed by atoms with Crippen molar-refractivity contribution < 1.29 is 14.7 Å². The van der Waals surface area contributed by atoms with E-state index in [2.05, 4.69) is 20.9 Å². The Kier molecular flexibility index (Phi) is 7.26. The summed E-state index contributed by atoms with van der Waals surface area (Å²) in [4.78, 5) is 29.1. The number of guanidine groups is 1. The Morgan fingerprint density at radius 2 is 1.67 bits per heavy atom. The lowest BCUT2D eigenvalue weighted by atomic mass is 10.1. The van der Waals surface area contributed by atoms with Crippen LogP contribution in [0.5, 0.6) is 0 Å². The van der Waals surface area contributed by atoms with Crippen LogP contribution in [-0.4, -0.2) is 36.0 Å². The van der Waals surface area contributed by atoms with E-state index in [0.29, 0.717) is 11.3 Å². The SMILES string of the molecule is O=C(O)CC(Sc1ccc(NC(=O)c2ccc(NC3=NCCN3)cc2)cc1)c1ccccc1. The van der Waals surface area contributed by atoms with Crippen LogP contribution in [0.1, 0.15) is 27.6 Å². The Morgan fingerprint density at radius 3 is 2.30 bits per heavy atom. The predicted molar refractivity (Wildman–Crippen MR) is 132 cm³/mol. The number of carbonyl (C=O) groups is 2. The molecule has 1 heterocycles. The third-order valence-electron chi connectivity index (χ3n) is 5.01. The number of rotatable bonds is 8. The molecule has 0 aromatic heterocycles. The maximum Gasteiger partial charge on any atom is 0.304 e. The van der Waals surface area contributed by atoms with Gasteiger partial charge in [-0.15, -0.1) is 11.8 Å². The highest BCUT2D eigenvalue weighted by molar-refractivity contribution is 7.99. The molecular formula is C25H24N4O3S. The number of carbonyl (C=O) groups excluding carboxylic acids is 1. The molecule has 0 saturated heterocycles. The molecule has 7 nitrogen and oxygen atoms in total. The van der Waals surface area contributed by atoms with Crippen molar-refractivity contribution >= 4 is 41.0 Å². The number of aliphatic carboxylic acids is 1. The number of benzene rings is 3. The van der Waals surface area contributed by atoms with E-state index in [1.165, 1.54) is 11.8 Å². The lowest BCUT2D eigenvalue weighted by molar-refractivity contribution is -0.137. The minimum absolute atomic E-state index is 0.0292. The maximum atomic E-state index is 12.6. The van der Waals surface area contributed by atoms with Crippen molar-refractivity contribution in [3.05, 3.63) is 90.0 Å². The van der Waals surface area contributed by atoms with Crippen LogP contribution in [0, 0.1) is 0 Å². The molecule has 1 aliphatic rings. The molecule has 33 heavy (non-hydrogen) atoms. The van der Waals surface area contributed by atoms with E-state index in [1.807, 2.05) is 66.7 Å². The highest BCUT2D eigenvalue weighted by Gasteiger charge is 2.17. The average molecular weight is 461 g/mol. The number of aliphatic imine (C=N–C) groups is 1. The van der Waals surface area contributed by atoms with Crippen molar-refractivity contribution in [3.8, 4) is 0 Å². The number of carboxylic acids is 1. The number of hydrogen-bond acceptors (Lipinski definition) is 6. The molecule has 0 aliphatic carbocycles. The molecule has 0 radical (unpaired) electrons. The summed E-state index contributed by atoms with van der Waals surface area (Å²) in [5, 5.41) is 18.3. The molecule has 4 rings (SSSR count). The number of hydrogen-bond donors (Lipinski definition) is 4. The quantitative estimate of drug-likeness (QED) is 0.366. The molecule has 8 heteroatoms. The molecule has 1 unspecified atom stereocenters. The molecule has 3 aromatic carbocycles. The normalized spacial score (nSPS) is 13.5. The van der Waals surface area contributed by atoms with Crippen molar-refractivity contribution in [2.24, 2.45) is 4.99 Å². The first-order chi connectivity index (χ1) is 16.1. The van der Waals surface area contributed by atoms with Gasteiger partial charge in [-0.3, -0.25) is 14.6 Å². The lowest BCUT2D eigenvalue weighted by Gasteiger charge is -2.15.